The first kappa shape index (κ1) is 14.3. The fraction of sp³-hybridized carbons (Fsp3) is 0.846. The van der Waals surface area contributed by atoms with Gasteiger partial charge in [-0.05, 0) is 31.8 Å². The highest BCUT2D eigenvalue weighted by Crippen LogP contribution is 2.21. The lowest BCUT2D eigenvalue weighted by Crippen LogP contribution is -2.25. The summed E-state index contributed by atoms with van der Waals surface area (Å²) in [6.45, 7) is 6.91. The van der Waals surface area contributed by atoms with Crippen molar-refractivity contribution in [1.82, 2.24) is 10.1 Å². The van der Waals surface area contributed by atoms with E-state index in [0.717, 1.165) is 13.1 Å². The van der Waals surface area contributed by atoms with Crippen molar-refractivity contribution in [2.24, 2.45) is 0 Å². The van der Waals surface area contributed by atoms with Crippen LogP contribution in [0, 0.1) is 0 Å². The molecule has 19 heavy (non-hydrogen) atoms. The van der Waals surface area contributed by atoms with Crippen LogP contribution in [0.3, 0.4) is 0 Å². The molecule has 0 saturated carbocycles. The van der Waals surface area contributed by atoms with Gasteiger partial charge in [0.2, 0.25) is 6.29 Å². The molecule has 1 aliphatic heterocycles. The van der Waals surface area contributed by atoms with Crippen molar-refractivity contribution in [3.8, 4) is 0 Å². The molecule has 1 fully saturated rings. The van der Waals surface area contributed by atoms with Crippen LogP contribution in [-0.2, 0) is 9.47 Å². The van der Waals surface area contributed by atoms with E-state index in [0.29, 0.717) is 25.1 Å². The van der Waals surface area contributed by atoms with Crippen LogP contribution in [-0.4, -0.2) is 36.4 Å². The number of aromatic nitrogens is 2. The molecule has 0 bridgehead atoms. The molecule has 1 aromatic heterocycles. The van der Waals surface area contributed by atoms with Crippen molar-refractivity contribution in [1.29, 1.82) is 0 Å². The van der Waals surface area contributed by atoms with Gasteiger partial charge < -0.3 is 18.9 Å². The summed E-state index contributed by atoms with van der Waals surface area (Å²) in [7, 11) is 0. The summed E-state index contributed by atoms with van der Waals surface area (Å²) in [6, 6.07) is 0. The third kappa shape index (κ3) is 3.91. The lowest BCUT2D eigenvalue weighted by molar-refractivity contribution is -0.155. The topological polar surface area (TPSA) is 60.6 Å². The number of nitrogens with zero attached hydrogens (tertiary/aromatic N) is 3. The van der Waals surface area contributed by atoms with E-state index >= 15 is 0 Å². The molecule has 0 unspecified atom stereocenters. The minimum absolute atomic E-state index is 0.406. The molecule has 0 radical (unpaired) electrons. The Morgan fingerprint density at radius 1 is 1.11 bits per heavy atom. The van der Waals surface area contributed by atoms with E-state index in [-0.39, 0.29) is 0 Å². The molecule has 1 aliphatic rings. The summed E-state index contributed by atoms with van der Waals surface area (Å²) >= 11 is 0. The van der Waals surface area contributed by atoms with Crippen molar-refractivity contribution in [2.75, 3.05) is 31.2 Å². The average molecular weight is 269 g/mol. The van der Waals surface area contributed by atoms with Crippen molar-refractivity contribution in [3.63, 3.8) is 0 Å². The molecular weight excluding hydrogens is 246 g/mol. The van der Waals surface area contributed by atoms with E-state index in [4.69, 9.17) is 14.0 Å². The highest BCUT2D eigenvalue weighted by molar-refractivity contribution is 5.27. The van der Waals surface area contributed by atoms with E-state index in [2.05, 4.69) is 15.0 Å². The zero-order valence-corrected chi connectivity index (χ0v) is 11.8. The normalized spacial score (nSPS) is 16.9. The minimum atomic E-state index is -0.553. The third-order valence-corrected chi connectivity index (χ3v) is 3.16. The molecule has 0 aliphatic carbocycles. The second kappa shape index (κ2) is 7.45. The molecule has 0 aromatic carbocycles. The summed E-state index contributed by atoms with van der Waals surface area (Å²) in [5.41, 5.74) is 0. The van der Waals surface area contributed by atoms with Crippen LogP contribution in [0.4, 0.5) is 5.95 Å². The molecule has 0 N–H and O–H groups in total. The Morgan fingerprint density at radius 2 is 1.74 bits per heavy atom. The lowest BCUT2D eigenvalue weighted by atomic mass is 10.2. The summed E-state index contributed by atoms with van der Waals surface area (Å²) in [6.07, 6.45) is 4.38. The molecule has 6 heteroatoms. The first-order chi connectivity index (χ1) is 9.35. The van der Waals surface area contributed by atoms with Gasteiger partial charge in [0.25, 0.3) is 11.8 Å². The Hall–Kier alpha value is -1.14. The summed E-state index contributed by atoms with van der Waals surface area (Å²) in [5.74, 6) is 1.06. The van der Waals surface area contributed by atoms with E-state index in [1.807, 2.05) is 13.8 Å². The number of hydrogen-bond acceptors (Lipinski definition) is 6. The number of anilines is 1. The first-order valence-electron chi connectivity index (χ1n) is 7.17. The van der Waals surface area contributed by atoms with Crippen LogP contribution >= 0.6 is 0 Å². The molecule has 0 atom stereocenters. The van der Waals surface area contributed by atoms with Crippen LogP contribution in [0.15, 0.2) is 4.52 Å². The van der Waals surface area contributed by atoms with Crippen molar-refractivity contribution in [3.05, 3.63) is 5.89 Å². The number of ether oxygens (including phenoxy) is 2. The maximum atomic E-state index is 5.46. The molecule has 108 valence electrons. The minimum Gasteiger partial charge on any atom is -0.345 e. The highest BCUT2D eigenvalue weighted by Gasteiger charge is 2.22. The first-order valence-corrected chi connectivity index (χ1v) is 7.17. The van der Waals surface area contributed by atoms with Gasteiger partial charge >= 0.3 is 0 Å². The molecule has 1 aromatic rings. The number of hydrogen-bond donors (Lipinski definition) is 0. The van der Waals surface area contributed by atoms with E-state index in [9.17, 15) is 0 Å². The summed E-state index contributed by atoms with van der Waals surface area (Å²) in [5, 5.41) is 4.05. The second-order valence-corrected chi connectivity index (χ2v) is 4.58. The molecule has 0 spiro atoms. The lowest BCUT2D eigenvalue weighted by Gasteiger charge is -2.16. The molecule has 2 rings (SSSR count). The smallest absolute Gasteiger partial charge is 0.285 e. The second-order valence-electron chi connectivity index (χ2n) is 4.58. The van der Waals surface area contributed by atoms with Crippen molar-refractivity contribution >= 4 is 5.95 Å². The Labute approximate surface area is 114 Å². The Bertz CT molecular complexity index is 339. The maximum Gasteiger partial charge on any atom is 0.285 e. The highest BCUT2D eigenvalue weighted by atomic mass is 16.7. The average Bonchev–Trinajstić information content (AvgIpc) is 2.74. The van der Waals surface area contributed by atoms with Gasteiger partial charge in [0.05, 0.1) is 0 Å². The Balaban J connectivity index is 2.03. The molecule has 0 amide bonds. The van der Waals surface area contributed by atoms with Gasteiger partial charge in [-0.15, -0.1) is 0 Å². The van der Waals surface area contributed by atoms with Gasteiger partial charge in [-0.3, -0.25) is 0 Å². The van der Waals surface area contributed by atoms with Crippen molar-refractivity contribution < 1.29 is 14.0 Å². The maximum absolute atomic E-state index is 5.46. The van der Waals surface area contributed by atoms with Gasteiger partial charge in [0.15, 0.2) is 0 Å². The predicted molar refractivity (Wildman–Crippen MR) is 71.0 cm³/mol. The van der Waals surface area contributed by atoms with Crippen LogP contribution in [0.1, 0.15) is 51.7 Å². The van der Waals surface area contributed by atoms with E-state index < -0.39 is 6.29 Å². The van der Waals surface area contributed by atoms with Crippen LogP contribution in [0.25, 0.3) is 0 Å². The fourth-order valence-corrected chi connectivity index (χ4v) is 2.22. The van der Waals surface area contributed by atoms with Crippen LogP contribution < -0.4 is 4.90 Å². The molecular formula is C13H23N3O3. The Morgan fingerprint density at radius 3 is 2.32 bits per heavy atom. The van der Waals surface area contributed by atoms with E-state index in [1.165, 1.54) is 25.7 Å². The van der Waals surface area contributed by atoms with Gasteiger partial charge in [0, 0.05) is 26.3 Å². The quantitative estimate of drug-likeness (QED) is 0.739. The van der Waals surface area contributed by atoms with Gasteiger partial charge in [0.1, 0.15) is 0 Å². The zero-order chi connectivity index (χ0) is 13.5. The van der Waals surface area contributed by atoms with Crippen LogP contribution in [0.5, 0.6) is 0 Å². The van der Waals surface area contributed by atoms with Gasteiger partial charge in [-0.1, -0.05) is 12.8 Å². The summed E-state index contributed by atoms with van der Waals surface area (Å²) < 4.78 is 16.2. The monoisotopic (exact) mass is 269 g/mol. The summed E-state index contributed by atoms with van der Waals surface area (Å²) in [4.78, 5) is 6.59. The van der Waals surface area contributed by atoms with Gasteiger partial charge in [-0.25, -0.2) is 0 Å². The SMILES string of the molecule is CCOC(OCC)c1nc(N2CCCCCC2)no1. The fourth-order valence-electron chi connectivity index (χ4n) is 2.22. The largest absolute Gasteiger partial charge is 0.345 e. The number of rotatable bonds is 6. The van der Waals surface area contributed by atoms with Gasteiger partial charge in [-0.2, -0.15) is 4.98 Å². The Kier molecular flexibility index (Phi) is 5.60. The van der Waals surface area contributed by atoms with Crippen molar-refractivity contribution in [2.45, 2.75) is 45.8 Å². The predicted octanol–water partition coefficient (Wildman–Crippen LogP) is 2.52. The third-order valence-electron chi connectivity index (χ3n) is 3.16. The molecule has 6 nitrogen and oxygen atoms in total. The molecule has 2 heterocycles. The standard InChI is InChI=1S/C13H23N3O3/c1-3-17-12(18-4-2)11-14-13(15-19-11)16-9-7-5-6-8-10-16/h12H,3-10H2,1-2H3. The van der Waals surface area contributed by atoms with Crippen LogP contribution in [0.2, 0.25) is 0 Å². The molecule has 1 saturated heterocycles. The van der Waals surface area contributed by atoms with E-state index in [1.54, 1.807) is 0 Å². The zero-order valence-electron chi connectivity index (χ0n) is 11.8.